The van der Waals surface area contributed by atoms with Gasteiger partial charge in [-0.3, -0.25) is 19.5 Å². The highest BCUT2D eigenvalue weighted by molar-refractivity contribution is 7.99. The second kappa shape index (κ2) is 9.33. The third-order valence-electron chi connectivity index (χ3n) is 4.32. The standard InChI is InChI=1S/C20H21N5O3S/c1-14(2)16-5-9-17(10-6-16)24-13-22-23-20(24)29-12-19(26)21-11-15-3-7-18(8-4-15)25(27)28/h3-10,13-14H,11-12H2,1-2H3,(H,21,26). The maximum atomic E-state index is 12.2. The molecule has 0 saturated carbocycles. The van der Waals surface area contributed by atoms with E-state index in [1.807, 2.05) is 16.7 Å². The van der Waals surface area contributed by atoms with E-state index in [-0.39, 0.29) is 17.3 Å². The van der Waals surface area contributed by atoms with Crippen LogP contribution >= 0.6 is 11.8 Å². The number of nitrogens with zero attached hydrogens (tertiary/aromatic N) is 4. The van der Waals surface area contributed by atoms with Gasteiger partial charge in [-0.25, -0.2) is 0 Å². The average molecular weight is 411 g/mol. The molecular formula is C20H21N5O3S. The molecule has 0 unspecified atom stereocenters. The lowest BCUT2D eigenvalue weighted by Gasteiger charge is -2.09. The molecule has 0 bridgehead atoms. The Morgan fingerprint density at radius 1 is 1.17 bits per heavy atom. The van der Waals surface area contributed by atoms with Gasteiger partial charge in [0, 0.05) is 24.4 Å². The third kappa shape index (κ3) is 5.41. The molecule has 0 radical (unpaired) electrons. The van der Waals surface area contributed by atoms with Crippen LogP contribution in [-0.4, -0.2) is 31.3 Å². The number of hydrogen-bond donors (Lipinski definition) is 1. The van der Waals surface area contributed by atoms with Gasteiger partial charge in [0.15, 0.2) is 5.16 Å². The number of benzene rings is 2. The molecule has 3 aromatic rings. The largest absolute Gasteiger partial charge is 0.351 e. The number of nitro groups is 1. The van der Waals surface area contributed by atoms with Gasteiger partial charge in [0.25, 0.3) is 5.69 Å². The molecule has 2 aromatic carbocycles. The first-order valence-electron chi connectivity index (χ1n) is 9.07. The molecule has 29 heavy (non-hydrogen) atoms. The van der Waals surface area contributed by atoms with Crippen LogP contribution in [0.5, 0.6) is 0 Å². The summed E-state index contributed by atoms with van der Waals surface area (Å²) in [5.41, 5.74) is 3.01. The molecule has 3 rings (SSSR count). The van der Waals surface area contributed by atoms with E-state index in [2.05, 4.69) is 41.5 Å². The molecule has 0 aliphatic carbocycles. The normalized spacial score (nSPS) is 10.9. The maximum Gasteiger partial charge on any atom is 0.269 e. The minimum atomic E-state index is -0.453. The number of rotatable bonds is 8. The SMILES string of the molecule is CC(C)c1ccc(-n2cnnc2SCC(=O)NCc2ccc([N+](=O)[O-])cc2)cc1. The summed E-state index contributed by atoms with van der Waals surface area (Å²) >= 11 is 1.30. The van der Waals surface area contributed by atoms with Gasteiger partial charge >= 0.3 is 0 Å². The Balaban J connectivity index is 1.54. The van der Waals surface area contributed by atoms with E-state index in [4.69, 9.17) is 0 Å². The summed E-state index contributed by atoms with van der Waals surface area (Å²) in [6, 6.07) is 14.3. The Kier molecular flexibility index (Phi) is 6.61. The number of nitro benzene ring substituents is 1. The average Bonchev–Trinajstić information content (AvgIpc) is 3.19. The van der Waals surface area contributed by atoms with Crippen LogP contribution in [0.25, 0.3) is 5.69 Å². The first kappa shape index (κ1) is 20.5. The summed E-state index contributed by atoms with van der Waals surface area (Å²) in [4.78, 5) is 22.4. The van der Waals surface area contributed by atoms with Gasteiger partial charge in [0.1, 0.15) is 6.33 Å². The zero-order valence-electron chi connectivity index (χ0n) is 16.1. The van der Waals surface area contributed by atoms with Crippen LogP contribution in [0.3, 0.4) is 0 Å². The van der Waals surface area contributed by atoms with E-state index < -0.39 is 4.92 Å². The fourth-order valence-corrected chi connectivity index (χ4v) is 3.40. The van der Waals surface area contributed by atoms with Crippen molar-refractivity contribution in [2.45, 2.75) is 31.5 Å². The van der Waals surface area contributed by atoms with Crippen molar-refractivity contribution in [2.75, 3.05) is 5.75 Å². The number of hydrogen-bond acceptors (Lipinski definition) is 6. The summed E-state index contributed by atoms with van der Waals surface area (Å²) in [7, 11) is 0. The molecule has 1 heterocycles. The van der Waals surface area contributed by atoms with Gasteiger partial charge in [-0.15, -0.1) is 10.2 Å². The molecule has 0 spiro atoms. The van der Waals surface area contributed by atoms with Gasteiger partial charge in [-0.2, -0.15) is 0 Å². The molecular weight excluding hydrogens is 390 g/mol. The molecule has 8 nitrogen and oxygen atoms in total. The van der Waals surface area contributed by atoms with Crippen LogP contribution in [0.1, 0.15) is 30.9 Å². The summed E-state index contributed by atoms with van der Waals surface area (Å²) in [6.45, 7) is 4.59. The lowest BCUT2D eigenvalue weighted by atomic mass is 10.0. The smallest absolute Gasteiger partial charge is 0.269 e. The van der Waals surface area contributed by atoms with Crippen molar-refractivity contribution in [3.63, 3.8) is 0 Å². The van der Waals surface area contributed by atoms with Gasteiger partial charge in [-0.05, 0) is 29.2 Å². The number of aromatic nitrogens is 3. The summed E-state index contributed by atoms with van der Waals surface area (Å²) in [5, 5.41) is 22.2. The highest BCUT2D eigenvalue weighted by atomic mass is 32.2. The van der Waals surface area contributed by atoms with Gasteiger partial charge in [-0.1, -0.05) is 49.9 Å². The highest BCUT2D eigenvalue weighted by Gasteiger charge is 2.11. The lowest BCUT2D eigenvalue weighted by molar-refractivity contribution is -0.384. The zero-order valence-corrected chi connectivity index (χ0v) is 16.9. The Morgan fingerprint density at radius 3 is 2.48 bits per heavy atom. The summed E-state index contributed by atoms with van der Waals surface area (Å²) < 4.78 is 1.85. The zero-order chi connectivity index (χ0) is 20.8. The molecule has 0 saturated heterocycles. The number of nitrogens with one attached hydrogen (secondary N) is 1. The molecule has 1 amide bonds. The third-order valence-corrected chi connectivity index (χ3v) is 5.27. The molecule has 9 heteroatoms. The Hall–Kier alpha value is -3.20. The van der Waals surface area contributed by atoms with Crippen molar-refractivity contribution >= 4 is 23.4 Å². The van der Waals surface area contributed by atoms with Gasteiger partial charge in [0.05, 0.1) is 10.7 Å². The molecule has 1 N–H and O–H groups in total. The van der Waals surface area contributed by atoms with Crippen LogP contribution in [0.2, 0.25) is 0 Å². The molecule has 0 aliphatic heterocycles. The quantitative estimate of drug-likeness (QED) is 0.344. The van der Waals surface area contributed by atoms with E-state index in [1.165, 1.54) is 29.5 Å². The second-order valence-electron chi connectivity index (χ2n) is 6.72. The predicted octanol–water partition coefficient (Wildman–Crippen LogP) is 3.71. The monoisotopic (exact) mass is 411 g/mol. The van der Waals surface area contributed by atoms with E-state index in [0.29, 0.717) is 17.6 Å². The van der Waals surface area contributed by atoms with Crippen molar-refractivity contribution in [1.82, 2.24) is 20.1 Å². The van der Waals surface area contributed by atoms with Gasteiger partial charge in [0.2, 0.25) is 5.91 Å². The van der Waals surface area contributed by atoms with Crippen LogP contribution in [0.15, 0.2) is 60.0 Å². The topological polar surface area (TPSA) is 103 Å². The van der Waals surface area contributed by atoms with Crippen LogP contribution in [0, 0.1) is 10.1 Å². The van der Waals surface area contributed by atoms with E-state index in [9.17, 15) is 14.9 Å². The molecule has 0 atom stereocenters. The summed E-state index contributed by atoms with van der Waals surface area (Å²) in [6.07, 6.45) is 1.63. The number of carbonyl (C=O) groups excluding carboxylic acids is 1. The first-order chi connectivity index (χ1) is 13.9. The predicted molar refractivity (Wildman–Crippen MR) is 111 cm³/mol. The van der Waals surface area contributed by atoms with E-state index in [1.54, 1.807) is 18.5 Å². The number of thioether (sulfide) groups is 1. The summed E-state index contributed by atoms with van der Waals surface area (Å²) in [5.74, 6) is 0.492. The molecule has 0 fully saturated rings. The maximum absolute atomic E-state index is 12.2. The minimum absolute atomic E-state index is 0.0244. The highest BCUT2D eigenvalue weighted by Crippen LogP contribution is 2.21. The Morgan fingerprint density at radius 2 is 1.86 bits per heavy atom. The van der Waals surface area contributed by atoms with Crippen LogP contribution in [-0.2, 0) is 11.3 Å². The number of amides is 1. The Labute approximate surface area is 172 Å². The van der Waals surface area contributed by atoms with E-state index >= 15 is 0 Å². The van der Waals surface area contributed by atoms with E-state index in [0.717, 1.165) is 11.3 Å². The molecule has 1 aromatic heterocycles. The fraction of sp³-hybridized carbons (Fsp3) is 0.250. The molecule has 150 valence electrons. The Bertz CT molecular complexity index is 984. The fourth-order valence-electron chi connectivity index (χ4n) is 2.64. The van der Waals surface area contributed by atoms with Crippen LogP contribution in [0.4, 0.5) is 5.69 Å². The van der Waals surface area contributed by atoms with Crippen LogP contribution < -0.4 is 5.32 Å². The molecule has 0 aliphatic rings. The first-order valence-corrected chi connectivity index (χ1v) is 10.1. The van der Waals surface area contributed by atoms with Crippen molar-refractivity contribution in [3.05, 3.63) is 76.1 Å². The second-order valence-corrected chi connectivity index (χ2v) is 7.66. The van der Waals surface area contributed by atoms with Crippen molar-refractivity contribution < 1.29 is 9.72 Å². The van der Waals surface area contributed by atoms with Gasteiger partial charge < -0.3 is 5.32 Å². The number of non-ortho nitro benzene ring substituents is 1. The van der Waals surface area contributed by atoms with Crippen molar-refractivity contribution in [3.8, 4) is 5.69 Å². The number of carbonyl (C=O) groups is 1. The van der Waals surface area contributed by atoms with Crippen molar-refractivity contribution in [2.24, 2.45) is 0 Å². The van der Waals surface area contributed by atoms with Crippen molar-refractivity contribution in [1.29, 1.82) is 0 Å². The lowest BCUT2D eigenvalue weighted by Crippen LogP contribution is -2.24. The minimum Gasteiger partial charge on any atom is -0.351 e.